The fourth-order valence-electron chi connectivity index (χ4n) is 3.08. The molecule has 0 radical (unpaired) electrons. The highest BCUT2D eigenvalue weighted by molar-refractivity contribution is 7.92. The summed E-state index contributed by atoms with van der Waals surface area (Å²) in [5.41, 5.74) is 1.01. The molecule has 0 amide bonds. The number of rotatable bonds is 5. The van der Waals surface area contributed by atoms with Crippen molar-refractivity contribution >= 4 is 9.84 Å². The average Bonchev–Trinajstić information content (AvgIpc) is 3.26. The molecule has 0 aromatic heterocycles. The van der Waals surface area contributed by atoms with E-state index in [-0.39, 0.29) is 11.3 Å². The molecule has 1 saturated carbocycles. The first-order chi connectivity index (χ1) is 10.1. The van der Waals surface area contributed by atoms with Gasteiger partial charge >= 0.3 is 0 Å². The Labute approximate surface area is 126 Å². The Bertz CT molecular complexity index is 595. The van der Waals surface area contributed by atoms with Gasteiger partial charge in [-0.25, -0.2) is 8.42 Å². The third-order valence-electron chi connectivity index (χ3n) is 4.36. The molecule has 2 aliphatic rings. The highest BCUT2D eigenvalue weighted by atomic mass is 32.2. The predicted molar refractivity (Wildman–Crippen MR) is 83.3 cm³/mol. The van der Waals surface area contributed by atoms with E-state index in [0.717, 1.165) is 43.4 Å². The van der Waals surface area contributed by atoms with E-state index in [4.69, 9.17) is 4.74 Å². The third kappa shape index (κ3) is 3.40. The molecule has 3 rings (SSSR count). The summed E-state index contributed by atoms with van der Waals surface area (Å²) in [6.07, 6.45) is 5.11. The van der Waals surface area contributed by atoms with Crippen LogP contribution in [0.25, 0.3) is 0 Å². The zero-order valence-corrected chi connectivity index (χ0v) is 13.2. The lowest BCUT2D eigenvalue weighted by Crippen LogP contribution is -2.39. The molecule has 2 atom stereocenters. The van der Waals surface area contributed by atoms with Crippen molar-refractivity contribution in [2.24, 2.45) is 0 Å². The van der Waals surface area contributed by atoms with Gasteiger partial charge in [0.25, 0.3) is 0 Å². The Hall–Kier alpha value is -1.07. The van der Waals surface area contributed by atoms with Crippen LogP contribution in [0.4, 0.5) is 0 Å². The monoisotopic (exact) mass is 309 g/mol. The summed E-state index contributed by atoms with van der Waals surface area (Å²) in [5.74, 6) is 1.16. The average molecular weight is 309 g/mol. The third-order valence-corrected chi connectivity index (χ3v) is 6.64. The molecular weight excluding hydrogens is 286 g/mol. The lowest BCUT2D eigenvalue weighted by atomic mass is 9.99. The van der Waals surface area contributed by atoms with E-state index in [1.54, 1.807) is 0 Å². The van der Waals surface area contributed by atoms with Crippen molar-refractivity contribution in [3.05, 3.63) is 29.8 Å². The summed E-state index contributed by atoms with van der Waals surface area (Å²) in [7, 11) is -1.17. The Morgan fingerprint density at radius 1 is 1.24 bits per heavy atom. The van der Waals surface area contributed by atoms with Gasteiger partial charge in [0.2, 0.25) is 0 Å². The van der Waals surface area contributed by atoms with E-state index in [1.165, 1.54) is 0 Å². The molecule has 1 saturated heterocycles. The molecule has 1 N–H and O–H groups in total. The van der Waals surface area contributed by atoms with Gasteiger partial charge in [0, 0.05) is 6.04 Å². The van der Waals surface area contributed by atoms with Crippen molar-refractivity contribution < 1.29 is 13.2 Å². The standard InChI is InChI=1S/C16H23NO3S/c1-17-16(15-7-2-3-10-21(15,18)19)12-5-4-6-14(11-12)20-13-8-9-13/h4-6,11,13,15-17H,2-3,7-10H2,1H3. The second kappa shape index (κ2) is 5.97. The van der Waals surface area contributed by atoms with Gasteiger partial charge < -0.3 is 10.1 Å². The molecule has 1 aliphatic carbocycles. The van der Waals surface area contributed by atoms with E-state index in [9.17, 15) is 8.42 Å². The van der Waals surface area contributed by atoms with Crippen molar-refractivity contribution in [2.75, 3.05) is 12.8 Å². The minimum atomic E-state index is -3.01. The minimum Gasteiger partial charge on any atom is -0.490 e. The molecule has 5 heteroatoms. The van der Waals surface area contributed by atoms with Crippen LogP contribution in [0.5, 0.6) is 5.75 Å². The van der Waals surface area contributed by atoms with Gasteiger partial charge in [-0.3, -0.25) is 0 Å². The van der Waals surface area contributed by atoms with Gasteiger partial charge in [-0.05, 0) is 50.4 Å². The smallest absolute Gasteiger partial charge is 0.155 e. The fraction of sp³-hybridized carbons (Fsp3) is 0.625. The first-order valence-electron chi connectivity index (χ1n) is 7.75. The predicted octanol–water partition coefficient (Wildman–Crippen LogP) is 2.46. The quantitative estimate of drug-likeness (QED) is 0.908. The van der Waals surface area contributed by atoms with E-state index in [0.29, 0.717) is 11.9 Å². The molecule has 1 aromatic rings. The molecule has 4 nitrogen and oxygen atoms in total. The summed E-state index contributed by atoms with van der Waals surface area (Å²) in [4.78, 5) is 0. The largest absolute Gasteiger partial charge is 0.490 e. The first kappa shape index (κ1) is 14.9. The van der Waals surface area contributed by atoms with Gasteiger partial charge in [0.05, 0.1) is 17.1 Å². The molecule has 0 spiro atoms. The van der Waals surface area contributed by atoms with Gasteiger partial charge in [-0.2, -0.15) is 0 Å². The summed E-state index contributed by atoms with van der Waals surface area (Å²) in [6.45, 7) is 0. The van der Waals surface area contributed by atoms with Crippen molar-refractivity contribution in [1.29, 1.82) is 0 Å². The summed E-state index contributed by atoms with van der Waals surface area (Å²) < 4.78 is 30.5. The number of hydrogen-bond acceptors (Lipinski definition) is 4. The van der Waals surface area contributed by atoms with Gasteiger partial charge in [0.15, 0.2) is 9.84 Å². The minimum absolute atomic E-state index is 0.155. The Morgan fingerprint density at radius 3 is 2.71 bits per heavy atom. The van der Waals surface area contributed by atoms with Gasteiger partial charge in [0.1, 0.15) is 5.75 Å². The lowest BCUT2D eigenvalue weighted by Gasteiger charge is -2.30. The first-order valence-corrected chi connectivity index (χ1v) is 9.47. The Kier molecular flexibility index (Phi) is 4.22. The Morgan fingerprint density at radius 2 is 2.05 bits per heavy atom. The molecule has 1 aromatic carbocycles. The van der Waals surface area contributed by atoms with Gasteiger partial charge in [-0.1, -0.05) is 18.6 Å². The number of benzene rings is 1. The van der Waals surface area contributed by atoms with Crippen LogP contribution in [-0.2, 0) is 9.84 Å². The molecule has 0 bridgehead atoms. The summed E-state index contributed by atoms with van der Waals surface area (Å²) in [5, 5.41) is 2.88. The molecule has 2 fully saturated rings. The summed E-state index contributed by atoms with van der Waals surface area (Å²) >= 11 is 0. The molecule has 2 unspecified atom stereocenters. The SMILES string of the molecule is CNC(c1cccc(OC2CC2)c1)C1CCCCS1(=O)=O. The number of hydrogen-bond donors (Lipinski definition) is 1. The van der Waals surface area contributed by atoms with Crippen molar-refractivity contribution in [3.63, 3.8) is 0 Å². The van der Waals surface area contributed by atoms with Crippen molar-refractivity contribution in [3.8, 4) is 5.75 Å². The normalized spacial score (nSPS) is 26.2. The molecule has 1 heterocycles. The second-order valence-electron chi connectivity index (χ2n) is 6.06. The topological polar surface area (TPSA) is 55.4 Å². The summed E-state index contributed by atoms with van der Waals surface area (Å²) in [6, 6.07) is 7.73. The van der Waals surface area contributed by atoms with Gasteiger partial charge in [-0.15, -0.1) is 0 Å². The maximum atomic E-state index is 12.4. The van der Waals surface area contributed by atoms with Crippen LogP contribution in [0.1, 0.15) is 43.7 Å². The maximum Gasteiger partial charge on any atom is 0.155 e. The van der Waals surface area contributed by atoms with Crippen LogP contribution in [0.3, 0.4) is 0 Å². The molecule has 116 valence electrons. The molecular formula is C16H23NO3S. The number of sulfone groups is 1. The van der Waals surface area contributed by atoms with Crippen LogP contribution in [-0.4, -0.2) is 32.6 Å². The van der Waals surface area contributed by atoms with E-state index >= 15 is 0 Å². The van der Waals surface area contributed by atoms with E-state index in [1.807, 2.05) is 31.3 Å². The van der Waals surface area contributed by atoms with Crippen LogP contribution in [0.15, 0.2) is 24.3 Å². The fourth-order valence-corrected chi connectivity index (χ4v) is 5.22. The van der Waals surface area contributed by atoms with Crippen molar-refractivity contribution in [2.45, 2.75) is 49.5 Å². The number of nitrogens with one attached hydrogen (secondary N) is 1. The van der Waals surface area contributed by atoms with E-state index < -0.39 is 9.84 Å². The lowest BCUT2D eigenvalue weighted by molar-refractivity contribution is 0.302. The highest BCUT2D eigenvalue weighted by Crippen LogP contribution is 2.33. The zero-order chi connectivity index (χ0) is 14.9. The van der Waals surface area contributed by atoms with Crippen LogP contribution >= 0.6 is 0 Å². The molecule has 21 heavy (non-hydrogen) atoms. The highest BCUT2D eigenvalue weighted by Gasteiger charge is 2.35. The van der Waals surface area contributed by atoms with Crippen molar-refractivity contribution in [1.82, 2.24) is 5.32 Å². The zero-order valence-electron chi connectivity index (χ0n) is 12.4. The molecule has 1 aliphatic heterocycles. The van der Waals surface area contributed by atoms with Crippen LogP contribution < -0.4 is 10.1 Å². The second-order valence-corrected chi connectivity index (χ2v) is 8.40. The number of ether oxygens (including phenoxy) is 1. The van der Waals surface area contributed by atoms with E-state index in [2.05, 4.69) is 5.32 Å². The van der Waals surface area contributed by atoms with Crippen LogP contribution in [0.2, 0.25) is 0 Å². The Balaban J connectivity index is 1.84. The van der Waals surface area contributed by atoms with Crippen LogP contribution in [0, 0.1) is 0 Å². The maximum absolute atomic E-state index is 12.4.